The molecule has 0 amide bonds. The Bertz CT molecular complexity index is 562. The molecule has 0 aliphatic carbocycles. The van der Waals surface area contributed by atoms with Crippen LogP contribution >= 0.6 is 11.6 Å². The molecule has 2 heterocycles. The van der Waals surface area contributed by atoms with Gasteiger partial charge in [-0.3, -0.25) is 0 Å². The average Bonchev–Trinajstić information content (AvgIpc) is 2.76. The van der Waals surface area contributed by atoms with E-state index in [1.165, 1.54) is 0 Å². The molecule has 0 spiro atoms. The van der Waals surface area contributed by atoms with Crippen molar-refractivity contribution >= 4 is 23.1 Å². The molecule has 0 saturated heterocycles. The van der Waals surface area contributed by atoms with Gasteiger partial charge in [-0.05, 0) is 29.8 Å². The molecule has 17 heavy (non-hydrogen) atoms. The fourth-order valence-electron chi connectivity index (χ4n) is 1.53. The van der Waals surface area contributed by atoms with Crippen molar-refractivity contribution in [2.24, 2.45) is 0 Å². The van der Waals surface area contributed by atoms with E-state index in [1.54, 1.807) is 12.3 Å². The number of nitrogens with zero attached hydrogens (tertiary/aromatic N) is 2. The largest absolute Gasteiger partial charge is 0.454 e. The first-order valence-corrected chi connectivity index (χ1v) is 5.34. The van der Waals surface area contributed by atoms with E-state index in [2.05, 4.69) is 15.3 Å². The first-order chi connectivity index (χ1) is 8.31. The van der Waals surface area contributed by atoms with E-state index < -0.39 is 0 Å². The van der Waals surface area contributed by atoms with Crippen LogP contribution in [0.3, 0.4) is 0 Å². The van der Waals surface area contributed by atoms with Gasteiger partial charge in [0.1, 0.15) is 5.82 Å². The van der Waals surface area contributed by atoms with Crippen molar-refractivity contribution in [2.75, 3.05) is 12.1 Å². The van der Waals surface area contributed by atoms with Crippen molar-refractivity contribution in [1.29, 1.82) is 0 Å². The molecular formula is C11H8ClN3O2. The number of hydrogen-bond acceptors (Lipinski definition) is 5. The second-order valence-electron chi connectivity index (χ2n) is 3.40. The summed E-state index contributed by atoms with van der Waals surface area (Å²) in [6.07, 6.45) is 1.59. The minimum Gasteiger partial charge on any atom is -0.454 e. The van der Waals surface area contributed by atoms with Crippen LogP contribution in [0.25, 0.3) is 0 Å². The third kappa shape index (κ3) is 2.09. The van der Waals surface area contributed by atoms with Crippen LogP contribution in [0.1, 0.15) is 0 Å². The number of hydrogen-bond donors (Lipinski definition) is 1. The molecule has 1 N–H and O–H groups in total. The van der Waals surface area contributed by atoms with Crippen molar-refractivity contribution in [3.63, 3.8) is 0 Å². The predicted octanol–water partition coefficient (Wildman–Crippen LogP) is 2.60. The Kier molecular flexibility index (Phi) is 2.45. The van der Waals surface area contributed by atoms with Gasteiger partial charge in [-0.15, -0.1) is 0 Å². The predicted molar refractivity (Wildman–Crippen MR) is 62.9 cm³/mol. The van der Waals surface area contributed by atoms with Crippen molar-refractivity contribution < 1.29 is 9.47 Å². The Morgan fingerprint density at radius 1 is 1.18 bits per heavy atom. The number of anilines is 2. The Morgan fingerprint density at radius 2 is 2.06 bits per heavy atom. The summed E-state index contributed by atoms with van der Waals surface area (Å²) in [6, 6.07) is 7.30. The van der Waals surface area contributed by atoms with E-state index in [0.29, 0.717) is 5.82 Å². The second-order valence-corrected chi connectivity index (χ2v) is 3.74. The lowest BCUT2D eigenvalue weighted by molar-refractivity contribution is 0.174. The average molecular weight is 250 g/mol. The van der Waals surface area contributed by atoms with Crippen LogP contribution in [0.4, 0.5) is 11.5 Å². The first kappa shape index (κ1) is 10.2. The number of nitrogens with one attached hydrogen (secondary N) is 1. The summed E-state index contributed by atoms with van der Waals surface area (Å²) >= 11 is 5.70. The highest BCUT2D eigenvalue weighted by molar-refractivity contribution is 6.28. The molecule has 1 aromatic heterocycles. The third-order valence-electron chi connectivity index (χ3n) is 2.27. The minimum absolute atomic E-state index is 0.204. The maximum Gasteiger partial charge on any atom is 0.231 e. The van der Waals surface area contributed by atoms with Crippen LogP contribution in [0, 0.1) is 0 Å². The fraction of sp³-hybridized carbons (Fsp3) is 0.0909. The maximum absolute atomic E-state index is 5.70. The van der Waals surface area contributed by atoms with Gasteiger partial charge in [0, 0.05) is 18.0 Å². The fourth-order valence-corrected chi connectivity index (χ4v) is 1.67. The van der Waals surface area contributed by atoms with Crippen LogP contribution in [0.2, 0.25) is 5.28 Å². The van der Waals surface area contributed by atoms with Crippen LogP contribution in [-0.4, -0.2) is 16.8 Å². The molecule has 2 aromatic rings. The van der Waals surface area contributed by atoms with Gasteiger partial charge in [0.2, 0.25) is 12.1 Å². The molecule has 3 rings (SSSR count). The summed E-state index contributed by atoms with van der Waals surface area (Å²) in [4.78, 5) is 7.84. The number of halogens is 1. The monoisotopic (exact) mass is 249 g/mol. The molecule has 86 valence electrons. The summed E-state index contributed by atoms with van der Waals surface area (Å²) in [5.41, 5.74) is 0.851. The Labute approximate surface area is 102 Å². The lowest BCUT2D eigenvalue weighted by Crippen LogP contribution is -1.94. The number of fused-ring (bicyclic) bond motifs is 1. The van der Waals surface area contributed by atoms with E-state index in [4.69, 9.17) is 21.1 Å². The van der Waals surface area contributed by atoms with Gasteiger partial charge in [-0.2, -0.15) is 0 Å². The van der Waals surface area contributed by atoms with E-state index in [9.17, 15) is 0 Å². The molecule has 0 fully saturated rings. The SMILES string of the molecule is Clc1nccc(Nc2ccc3c(c2)OCO3)n1. The standard InChI is InChI=1S/C11H8ClN3O2/c12-11-13-4-3-10(15-11)14-7-1-2-8-9(5-7)17-6-16-8/h1-5H,6H2,(H,13,14,15). The van der Waals surface area contributed by atoms with E-state index >= 15 is 0 Å². The summed E-state index contributed by atoms with van der Waals surface area (Å²) in [5.74, 6) is 2.09. The van der Waals surface area contributed by atoms with Crippen molar-refractivity contribution in [3.05, 3.63) is 35.7 Å². The number of benzene rings is 1. The van der Waals surface area contributed by atoms with Gasteiger partial charge < -0.3 is 14.8 Å². The molecule has 0 radical (unpaired) electrons. The number of rotatable bonds is 2. The molecule has 1 aliphatic heterocycles. The summed E-state index contributed by atoms with van der Waals surface area (Å²) in [7, 11) is 0. The minimum atomic E-state index is 0.204. The normalized spacial score (nSPS) is 12.5. The maximum atomic E-state index is 5.70. The molecule has 0 bridgehead atoms. The van der Waals surface area contributed by atoms with Crippen LogP contribution in [0.5, 0.6) is 11.5 Å². The van der Waals surface area contributed by atoms with Crippen LogP contribution in [0.15, 0.2) is 30.5 Å². The van der Waals surface area contributed by atoms with Gasteiger partial charge in [-0.1, -0.05) is 0 Å². The van der Waals surface area contributed by atoms with Gasteiger partial charge in [0.05, 0.1) is 0 Å². The quantitative estimate of drug-likeness (QED) is 0.829. The van der Waals surface area contributed by atoms with Gasteiger partial charge in [0.15, 0.2) is 11.5 Å². The van der Waals surface area contributed by atoms with E-state index in [-0.39, 0.29) is 12.1 Å². The highest BCUT2D eigenvalue weighted by Gasteiger charge is 2.13. The highest BCUT2D eigenvalue weighted by Crippen LogP contribution is 2.34. The van der Waals surface area contributed by atoms with E-state index in [1.807, 2.05) is 18.2 Å². The third-order valence-corrected chi connectivity index (χ3v) is 2.45. The summed E-state index contributed by atoms with van der Waals surface area (Å²) in [5, 5.41) is 3.31. The Hall–Kier alpha value is -2.01. The molecule has 0 unspecified atom stereocenters. The first-order valence-electron chi connectivity index (χ1n) is 4.96. The number of aromatic nitrogens is 2. The molecule has 1 aliphatic rings. The molecule has 0 atom stereocenters. The van der Waals surface area contributed by atoms with Crippen molar-refractivity contribution in [2.45, 2.75) is 0 Å². The van der Waals surface area contributed by atoms with E-state index in [0.717, 1.165) is 17.2 Å². The Balaban J connectivity index is 1.86. The smallest absolute Gasteiger partial charge is 0.231 e. The van der Waals surface area contributed by atoms with Gasteiger partial charge in [-0.25, -0.2) is 9.97 Å². The topological polar surface area (TPSA) is 56.3 Å². The second kappa shape index (κ2) is 4.10. The Morgan fingerprint density at radius 3 is 2.94 bits per heavy atom. The number of ether oxygens (including phenoxy) is 2. The molecule has 5 nitrogen and oxygen atoms in total. The van der Waals surface area contributed by atoms with Crippen LogP contribution < -0.4 is 14.8 Å². The highest BCUT2D eigenvalue weighted by atomic mass is 35.5. The lowest BCUT2D eigenvalue weighted by Gasteiger charge is -2.06. The molecule has 1 aromatic carbocycles. The van der Waals surface area contributed by atoms with Gasteiger partial charge in [0.25, 0.3) is 0 Å². The van der Waals surface area contributed by atoms with Gasteiger partial charge >= 0.3 is 0 Å². The molecule has 0 saturated carbocycles. The van der Waals surface area contributed by atoms with Crippen LogP contribution in [-0.2, 0) is 0 Å². The molecule has 6 heteroatoms. The summed E-state index contributed by atoms with van der Waals surface area (Å²) in [6.45, 7) is 0.262. The zero-order valence-electron chi connectivity index (χ0n) is 8.68. The lowest BCUT2D eigenvalue weighted by atomic mass is 10.3. The van der Waals surface area contributed by atoms with Crippen molar-refractivity contribution in [3.8, 4) is 11.5 Å². The summed E-state index contributed by atoms with van der Waals surface area (Å²) < 4.78 is 10.5. The zero-order valence-corrected chi connectivity index (χ0v) is 9.44. The van der Waals surface area contributed by atoms with Crippen molar-refractivity contribution in [1.82, 2.24) is 9.97 Å². The molecular weight excluding hydrogens is 242 g/mol. The zero-order chi connectivity index (χ0) is 11.7.